The largest absolute Gasteiger partial charge is 0.321 e. The van der Waals surface area contributed by atoms with E-state index in [1.54, 1.807) is 6.20 Å². The van der Waals surface area contributed by atoms with E-state index in [0.717, 1.165) is 35.0 Å². The fourth-order valence-corrected chi connectivity index (χ4v) is 4.28. The molecule has 1 N–H and O–H groups in total. The van der Waals surface area contributed by atoms with E-state index in [-0.39, 0.29) is 35.2 Å². The molecule has 2 unspecified atom stereocenters. The molecule has 5 rings (SSSR count). The summed E-state index contributed by atoms with van der Waals surface area (Å²) in [6.07, 6.45) is 3.21. The van der Waals surface area contributed by atoms with Crippen LogP contribution in [0.2, 0.25) is 0 Å². The number of halogens is 2. The van der Waals surface area contributed by atoms with E-state index in [9.17, 15) is 13.6 Å². The molecule has 1 aliphatic heterocycles. The first-order valence-electron chi connectivity index (χ1n) is 9.18. The van der Waals surface area contributed by atoms with E-state index in [4.69, 9.17) is 0 Å². The molecule has 1 aromatic carbocycles. The number of hydrogen-bond donors (Lipinski definition) is 1. The zero-order chi connectivity index (χ0) is 19.4. The molecule has 3 aromatic rings. The Morgan fingerprint density at radius 2 is 2.11 bits per heavy atom. The van der Waals surface area contributed by atoms with Crippen molar-refractivity contribution < 1.29 is 13.6 Å². The molecular formula is C19H18F2N6O. The van der Waals surface area contributed by atoms with Gasteiger partial charge in [0.15, 0.2) is 0 Å². The van der Waals surface area contributed by atoms with E-state index in [1.807, 2.05) is 23.1 Å². The molecule has 144 valence electrons. The number of hydrogen-bond acceptors (Lipinski definition) is 5. The van der Waals surface area contributed by atoms with E-state index in [2.05, 4.69) is 20.4 Å². The molecule has 1 saturated carbocycles. The van der Waals surface area contributed by atoms with Crippen LogP contribution in [0.4, 0.5) is 26.1 Å². The van der Waals surface area contributed by atoms with Crippen LogP contribution in [-0.2, 0) is 11.8 Å². The number of rotatable bonds is 4. The molecule has 2 aromatic heterocycles. The number of anilines is 3. The lowest BCUT2D eigenvalue weighted by Crippen LogP contribution is -2.36. The molecule has 2 fully saturated rings. The summed E-state index contributed by atoms with van der Waals surface area (Å²) in [7, 11) is 1.46. The van der Waals surface area contributed by atoms with Gasteiger partial charge in [0.2, 0.25) is 11.9 Å². The number of piperidine rings is 1. The lowest BCUT2D eigenvalue weighted by Gasteiger charge is -2.27. The van der Waals surface area contributed by atoms with Gasteiger partial charge in [-0.1, -0.05) is 0 Å². The van der Waals surface area contributed by atoms with Gasteiger partial charge in [0, 0.05) is 36.3 Å². The Bertz CT molecular complexity index is 1080. The summed E-state index contributed by atoms with van der Waals surface area (Å²) < 4.78 is 27.6. The number of fused-ring (bicyclic) bond motifs is 3. The molecule has 2 atom stereocenters. The van der Waals surface area contributed by atoms with E-state index in [1.165, 1.54) is 13.2 Å². The normalized spacial score (nSPS) is 21.3. The van der Waals surface area contributed by atoms with Gasteiger partial charge >= 0.3 is 0 Å². The second-order valence-corrected chi connectivity index (χ2v) is 7.30. The van der Waals surface area contributed by atoms with E-state index >= 15 is 0 Å². The predicted octanol–water partition coefficient (Wildman–Crippen LogP) is 3.56. The van der Waals surface area contributed by atoms with Crippen molar-refractivity contribution in [2.75, 3.05) is 10.2 Å². The van der Waals surface area contributed by atoms with Crippen molar-refractivity contribution in [1.29, 1.82) is 0 Å². The smallest absolute Gasteiger partial charge is 0.282 e. The zero-order valence-corrected chi connectivity index (χ0v) is 15.1. The molecule has 28 heavy (non-hydrogen) atoms. The Kier molecular flexibility index (Phi) is 3.78. The van der Waals surface area contributed by atoms with Gasteiger partial charge in [0.25, 0.3) is 6.43 Å². The summed E-state index contributed by atoms with van der Waals surface area (Å²) in [5.74, 6) is 0.524. The predicted molar refractivity (Wildman–Crippen MR) is 99.6 cm³/mol. The van der Waals surface area contributed by atoms with Crippen molar-refractivity contribution >= 4 is 34.1 Å². The van der Waals surface area contributed by atoms with Gasteiger partial charge in [-0.15, -0.1) is 0 Å². The first-order chi connectivity index (χ1) is 13.5. The van der Waals surface area contributed by atoms with Crippen molar-refractivity contribution in [2.24, 2.45) is 13.0 Å². The quantitative estimate of drug-likeness (QED) is 0.744. The van der Waals surface area contributed by atoms with Gasteiger partial charge in [0.1, 0.15) is 5.69 Å². The average molecular weight is 384 g/mol. The van der Waals surface area contributed by atoms with Crippen molar-refractivity contribution in [3.05, 3.63) is 36.3 Å². The van der Waals surface area contributed by atoms with Crippen molar-refractivity contribution in [2.45, 2.75) is 31.7 Å². The third-order valence-corrected chi connectivity index (χ3v) is 5.64. The van der Waals surface area contributed by atoms with Crippen LogP contribution in [0.5, 0.6) is 0 Å². The molecular weight excluding hydrogens is 366 g/mol. The number of aryl methyl sites for hydroxylation is 1. The van der Waals surface area contributed by atoms with Crippen molar-refractivity contribution in [3.63, 3.8) is 0 Å². The average Bonchev–Trinajstić information content (AvgIpc) is 3.36. The second kappa shape index (κ2) is 6.22. The molecule has 1 amide bonds. The van der Waals surface area contributed by atoms with Crippen LogP contribution in [0.15, 0.2) is 30.6 Å². The maximum atomic E-state index is 13.2. The first-order valence-corrected chi connectivity index (χ1v) is 9.18. The molecule has 1 saturated heterocycles. The molecule has 2 bridgehead atoms. The van der Waals surface area contributed by atoms with Crippen LogP contribution >= 0.6 is 0 Å². The van der Waals surface area contributed by atoms with Gasteiger partial charge in [-0.3, -0.25) is 9.48 Å². The number of nitrogens with one attached hydrogen (secondary N) is 1. The lowest BCUT2D eigenvalue weighted by molar-refractivity contribution is -0.121. The summed E-state index contributed by atoms with van der Waals surface area (Å²) in [5, 5.41) is 7.50. The zero-order valence-electron chi connectivity index (χ0n) is 15.1. The fraction of sp³-hybridized carbons (Fsp3) is 0.368. The number of amides is 1. The monoisotopic (exact) mass is 384 g/mol. The van der Waals surface area contributed by atoms with Crippen LogP contribution in [-0.4, -0.2) is 31.7 Å². The number of alkyl halides is 2. The van der Waals surface area contributed by atoms with Crippen LogP contribution in [0.1, 0.15) is 31.4 Å². The highest BCUT2D eigenvalue weighted by Crippen LogP contribution is 2.41. The second-order valence-electron chi connectivity index (χ2n) is 7.30. The van der Waals surface area contributed by atoms with Gasteiger partial charge in [0.05, 0.1) is 17.4 Å². The van der Waals surface area contributed by atoms with Crippen molar-refractivity contribution in [3.8, 4) is 0 Å². The third kappa shape index (κ3) is 2.61. The molecule has 0 radical (unpaired) electrons. The number of nitrogens with zero attached hydrogens (tertiary/aromatic N) is 5. The number of carbonyl (C=O) groups excluding carboxylic acids is 1. The molecule has 0 spiro atoms. The van der Waals surface area contributed by atoms with E-state index < -0.39 is 6.43 Å². The Hall–Kier alpha value is -3.10. The summed E-state index contributed by atoms with van der Waals surface area (Å²) in [4.78, 5) is 23.1. The maximum absolute atomic E-state index is 13.2. The fourth-order valence-electron chi connectivity index (χ4n) is 4.28. The number of aromatic nitrogens is 4. The standard InChI is InChI=1S/C19H18F2N6O/c1-26-16(17(20)21)15(9-23-26)25-19-22-8-11-3-5-13(7-14(11)24-19)27-12-4-2-10(6-12)18(27)28/h3,5,7-10,12,17H,2,4,6H2,1H3,(H,22,24,25). The van der Waals surface area contributed by atoms with Crippen LogP contribution in [0.25, 0.3) is 10.9 Å². The maximum Gasteiger partial charge on any atom is 0.282 e. The molecule has 7 nitrogen and oxygen atoms in total. The molecule has 9 heteroatoms. The highest BCUT2D eigenvalue weighted by atomic mass is 19.3. The Morgan fingerprint density at radius 3 is 2.86 bits per heavy atom. The molecule has 3 heterocycles. The van der Waals surface area contributed by atoms with Gasteiger partial charge in [-0.05, 0) is 37.5 Å². The van der Waals surface area contributed by atoms with Crippen LogP contribution < -0.4 is 10.2 Å². The summed E-state index contributed by atoms with van der Waals surface area (Å²) in [6, 6.07) is 5.91. The number of benzene rings is 1. The summed E-state index contributed by atoms with van der Waals surface area (Å²) >= 11 is 0. The topological polar surface area (TPSA) is 75.9 Å². The Labute approximate surface area is 159 Å². The first kappa shape index (κ1) is 17.0. The highest BCUT2D eigenvalue weighted by Gasteiger charge is 2.45. The summed E-state index contributed by atoms with van der Waals surface area (Å²) in [5.41, 5.74) is 1.41. The van der Waals surface area contributed by atoms with Crippen molar-refractivity contribution in [1.82, 2.24) is 19.7 Å². The van der Waals surface area contributed by atoms with Crippen LogP contribution in [0.3, 0.4) is 0 Å². The van der Waals surface area contributed by atoms with E-state index in [0.29, 0.717) is 5.52 Å². The van der Waals surface area contributed by atoms with Gasteiger partial charge in [-0.25, -0.2) is 18.7 Å². The van der Waals surface area contributed by atoms with Crippen LogP contribution in [0, 0.1) is 5.92 Å². The minimum absolute atomic E-state index is 0.140. The Morgan fingerprint density at radius 1 is 1.25 bits per heavy atom. The minimum atomic E-state index is -2.67. The molecule has 2 aliphatic rings. The van der Waals surface area contributed by atoms with Gasteiger partial charge in [-0.2, -0.15) is 5.10 Å². The minimum Gasteiger partial charge on any atom is -0.321 e. The lowest BCUT2D eigenvalue weighted by atomic mass is 10.1. The highest BCUT2D eigenvalue weighted by molar-refractivity contribution is 6.00. The third-order valence-electron chi connectivity index (χ3n) is 5.64. The van der Waals surface area contributed by atoms with Gasteiger partial charge < -0.3 is 10.2 Å². The molecule has 1 aliphatic carbocycles. The summed E-state index contributed by atoms with van der Waals surface area (Å²) in [6.45, 7) is 0. The number of carbonyl (C=O) groups is 1. The Balaban J connectivity index is 1.48. The SMILES string of the molecule is Cn1ncc(Nc2ncc3ccc(N4C(=O)C5CCC4C5)cc3n2)c1C(F)F.